The molecule has 0 fully saturated rings. The Morgan fingerprint density at radius 1 is 0.929 bits per heavy atom. The van der Waals surface area contributed by atoms with Crippen LogP contribution in [-0.4, -0.2) is 18.0 Å². The maximum Gasteiger partial charge on any atom is 0.416 e. The van der Waals surface area contributed by atoms with Gasteiger partial charge in [-0.25, -0.2) is 0 Å². The third kappa shape index (κ3) is 4.74. The Bertz CT molecular complexity index is 912. The SMILES string of the molecule is CCN(CCCc1cccc(C(F)(F)F)c1)[C@H](C)c1cccc2ccccc12. The minimum atomic E-state index is -4.28. The number of alkyl halides is 3. The smallest absolute Gasteiger partial charge is 0.297 e. The number of fused-ring (bicyclic) bond motifs is 1. The van der Waals surface area contributed by atoms with Crippen molar-refractivity contribution in [3.63, 3.8) is 0 Å². The van der Waals surface area contributed by atoms with Crippen molar-refractivity contribution in [2.45, 2.75) is 38.9 Å². The van der Waals surface area contributed by atoms with E-state index in [0.29, 0.717) is 6.42 Å². The van der Waals surface area contributed by atoms with Crippen LogP contribution in [0.5, 0.6) is 0 Å². The Balaban J connectivity index is 1.67. The second-order valence-electron chi connectivity index (χ2n) is 7.17. The highest BCUT2D eigenvalue weighted by Gasteiger charge is 2.30. The fourth-order valence-corrected chi connectivity index (χ4v) is 3.83. The van der Waals surface area contributed by atoms with Gasteiger partial charge in [0.1, 0.15) is 0 Å². The van der Waals surface area contributed by atoms with E-state index < -0.39 is 11.7 Å². The van der Waals surface area contributed by atoms with Gasteiger partial charge in [0.2, 0.25) is 0 Å². The highest BCUT2D eigenvalue weighted by Crippen LogP contribution is 2.30. The van der Waals surface area contributed by atoms with E-state index in [2.05, 4.69) is 55.1 Å². The van der Waals surface area contributed by atoms with E-state index in [1.165, 1.54) is 28.5 Å². The predicted octanol–water partition coefficient (Wildman–Crippen LogP) is 6.87. The first-order valence-electron chi connectivity index (χ1n) is 9.78. The van der Waals surface area contributed by atoms with Gasteiger partial charge >= 0.3 is 6.18 Å². The van der Waals surface area contributed by atoms with E-state index in [1.807, 2.05) is 6.07 Å². The lowest BCUT2D eigenvalue weighted by atomic mass is 9.98. The molecule has 28 heavy (non-hydrogen) atoms. The van der Waals surface area contributed by atoms with Crippen molar-refractivity contribution in [2.24, 2.45) is 0 Å². The van der Waals surface area contributed by atoms with Gasteiger partial charge < -0.3 is 0 Å². The molecule has 4 heteroatoms. The van der Waals surface area contributed by atoms with E-state index >= 15 is 0 Å². The molecule has 3 aromatic carbocycles. The molecule has 0 spiro atoms. The monoisotopic (exact) mass is 385 g/mol. The van der Waals surface area contributed by atoms with Crippen LogP contribution in [-0.2, 0) is 12.6 Å². The molecule has 0 bridgehead atoms. The third-order valence-electron chi connectivity index (χ3n) is 5.39. The number of aryl methyl sites for hydroxylation is 1. The van der Waals surface area contributed by atoms with Crippen LogP contribution in [0.1, 0.15) is 43.0 Å². The molecule has 0 aliphatic carbocycles. The average Bonchev–Trinajstić information content (AvgIpc) is 2.70. The Hall–Kier alpha value is -2.33. The highest BCUT2D eigenvalue weighted by molar-refractivity contribution is 5.86. The van der Waals surface area contributed by atoms with E-state index in [-0.39, 0.29) is 6.04 Å². The summed E-state index contributed by atoms with van der Waals surface area (Å²) in [5, 5.41) is 2.49. The van der Waals surface area contributed by atoms with Crippen molar-refractivity contribution in [3.8, 4) is 0 Å². The molecule has 3 rings (SSSR count). The van der Waals surface area contributed by atoms with Gasteiger partial charge in [-0.1, -0.05) is 67.6 Å². The van der Waals surface area contributed by atoms with Crippen LogP contribution < -0.4 is 0 Å². The first-order chi connectivity index (χ1) is 13.4. The van der Waals surface area contributed by atoms with Crippen LogP contribution in [0.15, 0.2) is 66.7 Å². The number of hydrogen-bond acceptors (Lipinski definition) is 1. The molecule has 0 amide bonds. The molecule has 0 unspecified atom stereocenters. The van der Waals surface area contributed by atoms with Crippen LogP contribution in [0.3, 0.4) is 0 Å². The molecular weight excluding hydrogens is 359 g/mol. The topological polar surface area (TPSA) is 3.24 Å². The predicted molar refractivity (Wildman–Crippen MR) is 109 cm³/mol. The second kappa shape index (κ2) is 8.78. The Morgan fingerprint density at radius 3 is 2.39 bits per heavy atom. The molecule has 0 radical (unpaired) electrons. The molecule has 1 nitrogen and oxygen atoms in total. The normalized spacial score (nSPS) is 13.2. The fourth-order valence-electron chi connectivity index (χ4n) is 3.83. The summed E-state index contributed by atoms with van der Waals surface area (Å²) >= 11 is 0. The lowest BCUT2D eigenvalue weighted by Crippen LogP contribution is -2.28. The van der Waals surface area contributed by atoms with Crippen LogP contribution in [0.2, 0.25) is 0 Å². The molecule has 0 saturated carbocycles. The summed E-state index contributed by atoms with van der Waals surface area (Å²) in [6, 6.07) is 20.7. The van der Waals surface area contributed by atoms with Crippen LogP contribution >= 0.6 is 0 Å². The van der Waals surface area contributed by atoms with Gasteiger partial charge in [0.05, 0.1) is 5.56 Å². The number of benzene rings is 3. The summed E-state index contributed by atoms with van der Waals surface area (Å²) < 4.78 is 38.7. The highest BCUT2D eigenvalue weighted by atomic mass is 19.4. The van der Waals surface area contributed by atoms with Gasteiger partial charge in [-0.15, -0.1) is 0 Å². The molecular formula is C24H26F3N. The zero-order chi connectivity index (χ0) is 20.1. The summed E-state index contributed by atoms with van der Waals surface area (Å²) in [5.74, 6) is 0. The molecule has 3 aromatic rings. The summed E-state index contributed by atoms with van der Waals surface area (Å²) in [5.41, 5.74) is 1.46. The van der Waals surface area contributed by atoms with Gasteiger partial charge in [0, 0.05) is 6.04 Å². The van der Waals surface area contributed by atoms with E-state index in [1.54, 1.807) is 6.07 Å². The maximum atomic E-state index is 12.9. The number of hydrogen-bond donors (Lipinski definition) is 0. The summed E-state index contributed by atoms with van der Waals surface area (Å²) in [7, 11) is 0. The first-order valence-corrected chi connectivity index (χ1v) is 9.78. The van der Waals surface area contributed by atoms with E-state index in [9.17, 15) is 13.2 Å². The van der Waals surface area contributed by atoms with Crippen molar-refractivity contribution in [3.05, 3.63) is 83.4 Å². The van der Waals surface area contributed by atoms with Crippen molar-refractivity contribution in [1.29, 1.82) is 0 Å². The number of rotatable bonds is 7. The quantitative estimate of drug-likeness (QED) is 0.429. The standard InChI is InChI=1S/C24H26F3N/c1-3-28(16-8-10-19-9-6-13-21(17-19)24(25,26)27)18(2)22-15-7-12-20-11-4-5-14-23(20)22/h4-7,9,11-15,17-18H,3,8,10,16H2,1-2H3/t18-/m1/s1. The Morgan fingerprint density at radius 2 is 1.64 bits per heavy atom. The molecule has 0 N–H and O–H groups in total. The molecule has 1 atom stereocenters. The summed E-state index contributed by atoms with van der Waals surface area (Å²) in [4.78, 5) is 2.38. The second-order valence-corrected chi connectivity index (χ2v) is 7.17. The van der Waals surface area contributed by atoms with Crippen LogP contribution in [0.4, 0.5) is 13.2 Å². The van der Waals surface area contributed by atoms with Crippen molar-refractivity contribution >= 4 is 10.8 Å². The van der Waals surface area contributed by atoms with Crippen LogP contribution in [0.25, 0.3) is 10.8 Å². The Labute approximate surface area is 164 Å². The minimum Gasteiger partial charge on any atom is -0.297 e. The lowest BCUT2D eigenvalue weighted by molar-refractivity contribution is -0.137. The molecule has 0 saturated heterocycles. The van der Waals surface area contributed by atoms with Gasteiger partial charge in [-0.3, -0.25) is 4.90 Å². The van der Waals surface area contributed by atoms with Crippen LogP contribution in [0, 0.1) is 0 Å². The van der Waals surface area contributed by atoms with Crippen molar-refractivity contribution in [1.82, 2.24) is 4.90 Å². The zero-order valence-electron chi connectivity index (χ0n) is 16.3. The fraction of sp³-hybridized carbons (Fsp3) is 0.333. The van der Waals surface area contributed by atoms with E-state index in [0.717, 1.165) is 31.1 Å². The third-order valence-corrected chi connectivity index (χ3v) is 5.39. The van der Waals surface area contributed by atoms with Gasteiger partial charge in [-0.05, 0) is 60.8 Å². The summed E-state index contributed by atoms with van der Waals surface area (Å²) in [6.45, 7) is 6.07. The average molecular weight is 385 g/mol. The molecule has 0 aromatic heterocycles. The molecule has 148 valence electrons. The largest absolute Gasteiger partial charge is 0.416 e. The molecule has 0 aliphatic heterocycles. The van der Waals surface area contributed by atoms with Gasteiger partial charge in [0.25, 0.3) is 0 Å². The lowest BCUT2D eigenvalue weighted by Gasteiger charge is -2.29. The van der Waals surface area contributed by atoms with Crippen molar-refractivity contribution < 1.29 is 13.2 Å². The maximum absolute atomic E-state index is 12.9. The number of halogens is 3. The molecule has 0 heterocycles. The first kappa shape index (κ1) is 20.4. The number of nitrogens with zero attached hydrogens (tertiary/aromatic N) is 1. The van der Waals surface area contributed by atoms with Gasteiger partial charge in [-0.2, -0.15) is 13.2 Å². The van der Waals surface area contributed by atoms with Crippen molar-refractivity contribution in [2.75, 3.05) is 13.1 Å². The van der Waals surface area contributed by atoms with Gasteiger partial charge in [0.15, 0.2) is 0 Å². The minimum absolute atomic E-state index is 0.248. The summed E-state index contributed by atoms with van der Waals surface area (Å²) in [6.07, 6.45) is -2.82. The Kier molecular flexibility index (Phi) is 6.40. The van der Waals surface area contributed by atoms with E-state index in [4.69, 9.17) is 0 Å². The zero-order valence-corrected chi connectivity index (χ0v) is 16.3. The molecule has 0 aliphatic rings.